The maximum Gasteiger partial charge on any atom is 0.272 e. The number of amides is 1. The average Bonchev–Trinajstić information content (AvgIpc) is 2.70. The van der Waals surface area contributed by atoms with E-state index in [0.717, 1.165) is 4.47 Å². The molecule has 0 saturated heterocycles. The Kier molecular flexibility index (Phi) is 3.76. The smallest absolute Gasteiger partial charge is 0.272 e. The highest BCUT2D eigenvalue weighted by atomic mass is 79.9. The molecule has 2 rings (SSSR count). The molecule has 0 fully saturated rings. The van der Waals surface area contributed by atoms with Crippen LogP contribution in [0.5, 0.6) is 0 Å². The van der Waals surface area contributed by atoms with Crippen molar-refractivity contribution < 1.29 is 4.79 Å². The van der Waals surface area contributed by atoms with Crippen molar-refractivity contribution in [2.45, 2.75) is 0 Å². The van der Waals surface area contributed by atoms with Crippen molar-refractivity contribution in [3.63, 3.8) is 0 Å². The molecule has 1 aromatic heterocycles. The van der Waals surface area contributed by atoms with Gasteiger partial charge in [-0.15, -0.1) is 0 Å². The molecule has 88 valence electrons. The van der Waals surface area contributed by atoms with Crippen molar-refractivity contribution in [3.8, 4) is 0 Å². The number of carbonyl (C=O) groups is 1. The number of hydrogen-bond donors (Lipinski definition) is 2. The van der Waals surface area contributed by atoms with E-state index in [4.69, 9.17) is 23.2 Å². The van der Waals surface area contributed by atoms with Crippen molar-refractivity contribution in [2.24, 2.45) is 0 Å². The molecule has 1 amide bonds. The molecule has 17 heavy (non-hydrogen) atoms. The second-order valence-electron chi connectivity index (χ2n) is 3.31. The van der Waals surface area contributed by atoms with Gasteiger partial charge in [0.15, 0.2) is 0 Å². The summed E-state index contributed by atoms with van der Waals surface area (Å²) in [5, 5.41) is 3.56. The lowest BCUT2D eigenvalue weighted by Crippen LogP contribution is -2.12. The van der Waals surface area contributed by atoms with Crippen LogP contribution in [0.1, 0.15) is 10.5 Å². The number of H-pyrrole nitrogens is 1. The van der Waals surface area contributed by atoms with Crippen LogP contribution in [0.2, 0.25) is 10.0 Å². The SMILES string of the molecule is O=C(Nc1ccc(Cl)c(Cl)c1)c1cc(Br)c[nH]1. The Bertz CT molecular complexity index is 568. The van der Waals surface area contributed by atoms with Crippen molar-refractivity contribution in [2.75, 3.05) is 5.32 Å². The molecule has 1 aromatic carbocycles. The summed E-state index contributed by atoms with van der Waals surface area (Å²) in [6.45, 7) is 0. The van der Waals surface area contributed by atoms with Crippen LogP contribution in [0, 0.1) is 0 Å². The number of halogens is 3. The predicted molar refractivity (Wildman–Crippen MR) is 72.9 cm³/mol. The minimum atomic E-state index is -0.242. The molecule has 2 N–H and O–H groups in total. The van der Waals surface area contributed by atoms with Gasteiger partial charge in [-0.1, -0.05) is 23.2 Å². The lowest BCUT2D eigenvalue weighted by Gasteiger charge is -2.04. The summed E-state index contributed by atoms with van der Waals surface area (Å²) in [5.41, 5.74) is 1.05. The van der Waals surface area contributed by atoms with Crippen molar-refractivity contribution in [1.82, 2.24) is 4.98 Å². The summed E-state index contributed by atoms with van der Waals surface area (Å²) in [4.78, 5) is 14.6. The first kappa shape index (κ1) is 12.5. The van der Waals surface area contributed by atoms with Gasteiger partial charge in [-0.3, -0.25) is 4.79 Å². The Hall–Kier alpha value is -0.970. The van der Waals surface area contributed by atoms with Gasteiger partial charge in [0.05, 0.1) is 10.0 Å². The Balaban J connectivity index is 2.15. The van der Waals surface area contributed by atoms with Crippen LogP contribution in [-0.4, -0.2) is 10.9 Å². The van der Waals surface area contributed by atoms with Gasteiger partial charge in [0.2, 0.25) is 0 Å². The predicted octanol–water partition coefficient (Wildman–Crippen LogP) is 4.34. The highest BCUT2D eigenvalue weighted by Gasteiger charge is 2.08. The molecule has 2 aromatic rings. The van der Waals surface area contributed by atoms with E-state index in [-0.39, 0.29) is 5.91 Å². The van der Waals surface area contributed by atoms with E-state index in [1.165, 1.54) is 0 Å². The molecule has 0 radical (unpaired) electrons. The monoisotopic (exact) mass is 332 g/mol. The number of aromatic amines is 1. The quantitative estimate of drug-likeness (QED) is 0.843. The van der Waals surface area contributed by atoms with Gasteiger partial charge >= 0.3 is 0 Å². The maximum absolute atomic E-state index is 11.8. The van der Waals surface area contributed by atoms with Gasteiger partial charge in [0, 0.05) is 16.4 Å². The standard InChI is InChI=1S/C11H7BrCl2N2O/c12-6-3-10(15-5-6)11(17)16-7-1-2-8(13)9(14)4-7/h1-5,15H,(H,16,17). The first-order valence-corrected chi connectivity index (χ1v) is 6.21. The first-order chi connectivity index (χ1) is 8.06. The fourth-order valence-corrected chi connectivity index (χ4v) is 1.91. The molecule has 3 nitrogen and oxygen atoms in total. The summed E-state index contributed by atoms with van der Waals surface area (Å²) in [5.74, 6) is -0.242. The topological polar surface area (TPSA) is 44.9 Å². The molecule has 6 heteroatoms. The molecule has 0 aliphatic carbocycles. The molecule has 0 unspecified atom stereocenters. The third-order valence-corrected chi connectivity index (χ3v) is 3.27. The number of nitrogens with one attached hydrogen (secondary N) is 2. The van der Waals surface area contributed by atoms with Crippen LogP contribution < -0.4 is 5.32 Å². The molecule has 0 aliphatic heterocycles. The van der Waals surface area contributed by atoms with Gasteiger partial charge in [-0.25, -0.2) is 0 Å². The second kappa shape index (κ2) is 5.12. The van der Waals surface area contributed by atoms with E-state index in [0.29, 0.717) is 21.4 Å². The molecular weight excluding hydrogens is 327 g/mol. The summed E-state index contributed by atoms with van der Waals surface area (Å²) >= 11 is 14.9. The van der Waals surface area contributed by atoms with E-state index < -0.39 is 0 Å². The zero-order valence-corrected chi connectivity index (χ0v) is 11.5. The average molecular weight is 334 g/mol. The zero-order chi connectivity index (χ0) is 12.4. The van der Waals surface area contributed by atoms with E-state index in [1.54, 1.807) is 30.5 Å². The highest BCUT2D eigenvalue weighted by molar-refractivity contribution is 9.10. The molecule has 0 spiro atoms. The molecule has 0 atom stereocenters. The number of rotatable bonds is 2. The van der Waals surface area contributed by atoms with E-state index >= 15 is 0 Å². The van der Waals surface area contributed by atoms with Crippen LogP contribution >= 0.6 is 39.1 Å². The third-order valence-electron chi connectivity index (χ3n) is 2.07. The Labute approximate surface area is 116 Å². The number of aromatic nitrogens is 1. The summed E-state index contributed by atoms with van der Waals surface area (Å²) in [7, 11) is 0. The fraction of sp³-hybridized carbons (Fsp3) is 0. The molecule has 0 aliphatic rings. The van der Waals surface area contributed by atoms with Crippen molar-refractivity contribution in [3.05, 3.63) is 50.7 Å². The zero-order valence-electron chi connectivity index (χ0n) is 8.43. The van der Waals surface area contributed by atoms with Gasteiger partial charge in [0.1, 0.15) is 5.69 Å². The Morgan fingerprint density at radius 3 is 2.59 bits per heavy atom. The van der Waals surface area contributed by atoms with E-state index in [2.05, 4.69) is 26.2 Å². The van der Waals surface area contributed by atoms with Gasteiger partial charge < -0.3 is 10.3 Å². The van der Waals surface area contributed by atoms with Crippen LogP contribution in [0.4, 0.5) is 5.69 Å². The Morgan fingerprint density at radius 2 is 2.00 bits per heavy atom. The number of anilines is 1. The molecular formula is C11H7BrCl2N2O. The van der Waals surface area contributed by atoms with Crippen LogP contribution in [-0.2, 0) is 0 Å². The third kappa shape index (κ3) is 3.03. The lowest BCUT2D eigenvalue weighted by molar-refractivity contribution is 0.102. The largest absolute Gasteiger partial charge is 0.356 e. The van der Waals surface area contributed by atoms with E-state index in [1.807, 2.05) is 0 Å². The maximum atomic E-state index is 11.8. The Morgan fingerprint density at radius 1 is 1.24 bits per heavy atom. The van der Waals surface area contributed by atoms with Crippen molar-refractivity contribution >= 4 is 50.7 Å². The summed E-state index contributed by atoms with van der Waals surface area (Å²) in [6, 6.07) is 6.60. The molecule has 0 bridgehead atoms. The minimum Gasteiger partial charge on any atom is -0.356 e. The minimum absolute atomic E-state index is 0.242. The van der Waals surface area contributed by atoms with Crippen LogP contribution in [0.3, 0.4) is 0 Å². The summed E-state index contributed by atoms with van der Waals surface area (Å²) in [6.07, 6.45) is 1.68. The first-order valence-electron chi connectivity index (χ1n) is 4.66. The van der Waals surface area contributed by atoms with Crippen LogP contribution in [0.25, 0.3) is 0 Å². The molecule has 1 heterocycles. The fourth-order valence-electron chi connectivity index (χ4n) is 1.27. The normalized spacial score (nSPS) is 10.3. The van der Waals surface area contributed by atoms with Gasteiger partial charge in [-0.2, -0.15) is 0 Å². The van der Waals surface area contributed by atoms with Crippen molar-refractivity contribution in [1.29, 1.82) is 0 Å². The van der Waals surface area contributed by atoms with Gasteiger partial charge in [0.25, 0.3) is 5.91 Å². The second-order valence-corrected chi connectivity index (χ2v) is 5.04. The van der Waals surface area contributed by atoms with Crippen LogP contribution in [0.15, 0.2) is 34.9 Å². The highest BCUT2D eigenvalue weighted by Crippen LogP contribution is 2.25. The number of benzene rings is 1. The molecule has 0 saturated carbocycles. The number of carbonyl (C=O) groups excluding carboxylic acids is 1. The van der Waals surface area contributed by atoms with E-state index in [9.17, 15) is 4.79 Å². The summed E-state index contributed by atoms with van der Waals surface area (Å²) < 4.78 is 0.816. The lowest BCUT2D eigenvalue weighted by atomic mass is 10.3. The van der Waals surface area contributed by atoms with Gasteiger partial charge in [-0.05, 0) is 40.2 Å². The number of hydrogen-bond acceptors (Lipinski definition) is 1.